The highest BCUT2D eigenvalue weighted by atomic mass is 16.5. The fourth-order valence-electron chi connectivity index (χ4n) is 3.75. The molecule has 4 heteroatoms. The first-order valence-electron chi connectivity index (χ1n) is 9.74. The standard InChI is InChI=1S/C23H30N2O2/c1-15(2)17-8-10-18(11-9-17)21-13-24-14-22(21)23(26)25-16(3)19-6-5-7-20(12-19)27-4/h5-12,15-16,21-22,24H,13-14H2,1-4H3,(H,25,26)/t16-,21-,22+/m0/s1. The van der Waals surface area contributed by atoms with Gasteiger partial charge in [0, 0.05) is 19.0 Å². The Morgan fingerprint density at radius 1 is 1.07 bits per heavy atom. The molecule has 0 unspecified atom stereocenters. The van der Waals surface area contributed by atoms with Gasteiger partial charge in [-0.25, -0.2) is 0 Å². The minimum Gasteiger partial charge on any atom is -0.497 e. The van der Waals surface area contributed by atoms with E-state index in [0.717, 1.165) is 17.9 Å². The quantitative estimate of drug-likeness (QED) is 0.812. The summed E-state index contributed by atoms with van der Waals surface area (Å²) in [5, 5.41) is 6.57. The molecule has 0 spiro atoms. The van der Waals surface area contributed by atoms with Crippen molar-refractivity contribution in [1.29, 1.82) is 0 Å². The summed E-state index contributed by atoms with van der Waals surface area (Å²) in [6, 6.07) is 16.5. The van der Waals surface area contributed by atoms with E-state index in [9.17, 15) is 4.79 Å². The second kappa shape index (κ2) is 8.57. The number of carbonyl (C=O) groups excluding carboxylic acids is 1. The van der Waals surface area contributed by atoms with Crippen molar-refractivity contribution in [3.05, 3.63) is 65.2 Å². The molecule has 2 aromatic carbocycles. The predicted octanol–water partition coefficient (Wildman–Crippen LogP) is 4.00. The lowest BCUT2D eigenvalue weighted by atomic mass is 9.87. The van der Waals surface area contributed by atoms with Gasteiger partial charge in [0.1, 0.15) is 5.75 Å². The molecule has 1 aliphatic rings. The number of amides is 1. The Bertz CT molecular complexity index is 770. The van der Waals surface area contributed by atoms with Crippen LogP contribution in [0.5, 0.6) is 5.75 Å². The number of rotatable bonds is 6. The average Bonchev–Trinajstić information content (AvgIpc) is 3.18. The molecule has 1 aliphatic heterocycles. The lowest BCUT2D eigenvalue weighted by Gasteiger charge is -2.22. The van der Waals surface area contributed by atoms with E-state index in [1.54, 1.807) is 7.11 Å². The van der Waals surface area contributed by atoms with Crippen molar-refractivity contribution in [2.75, 3.05) is 20.2 Å². The van der Waals surface area contributed by atoms with E-state index < -0.39 is 0 Å². The van der Waals surface area contributed by atoms with Crippen molar-refractivity contribution >= 4 is 5.91 Å². The lowest BCUT2D eigenvalue weighted by Crippen LogP contribution is -2.36. The van der Waals surface area contributed by atoms with E-state index in [0.29, 0.717) is 12.5 Å². The highest BCUT2D eigenvalue weighted by Crippen LogP contribution is 2.30. The number of hydrogen-bond donors (Lipinski definition) is 2. The first-order valence-corrected chi connectivity index (χ1v) is 9.74. The van der Waals surface area contributed by atoms with Gasteiger partial charge in [-0.1, -0.05) is 50.2 Å². The Morgan fingerprint density at radius 3 is 2.48 bits per heavy atom. The number of nitrogens with one attached hydrogen (secondary N) is 2. The molecule has 144 valence electrons. The summed E-state index contributed by atoms with van der Waals surface area (Å²) in [5.41, 5.74) is 3.61. The van der Waals surface area contributed by atoms with Gasteiger partial charge in [0.05, 0.1) is 19.1 Å². The van der Waals surface area contributed by atoms with Crippen molar-refractivity contribution in [3.63, 3.8) is 0 Å². The number of ether oxygens (including phenoxy) is 1. The summed E-state index contributed by atoms with van der Waals surface area (Å²) in [6.45, 7) is 7.96. The molecule has 3 rings (SSSR count). The van der Waals surface area contributed by atoms with Crippen molar-refractivity contribution in [2.45, 2.75) is 38.6 Å². The van der Waals surface area contributed by atoms with Crippen LogP contribution in [0.25, 0.3) is 0 Å². The van der Waals surface area contributed by atoms with Gasteiger partial charge in [0.25, 0.3) is 0 Å². The second-order valence-corrected chi connectivity index (χ2v) is 7.70. The van der Waals surface area contributed by atoms with Gasteiger partial charge in [-0.2, -0.15) is 0 Å². The van der Waals surface area contributed by atoms with Crippen LogP contribution in [0, 0.1) is 5.92 Å². The van der Waals surface area contributed by atoms with Crippen LogP contribution in [-0.4, -0.2) is 26.1 Å². The lowest BCUT2D eigenvalue weighted by molar-refractivity contribution is -0.125. The van der Waals surface area contributed by atoms with Crippen LogP contribution >= 0.6 is 0 Å². The molecule has 1 saturated heterocycles. The van der Waals surface area contributed by atoms with Crippen molar-refractivity contribution < 1.29 is 9.53 Å². The maximum Gasteiger partial charge on any atom is 0.225 e. The molecule has 2 N–H and O–H groups in total. The third-order valence-corrected chi connectivity index (χ3v) is 5.53. The largest absolute Gasteiger partial charge is 0.497 e. The normalized spacial score (nSPS) is 20.5. The van der Waals surface area contributed by atoms with Crippen LogP contribution < -0.4 is 15.4 Å². The molecule has 3 atom stereocenters. The molecule has 2 aromatic rings. The number of benzene rings is 2. The minimum atomic E-state index is -0.0582. The molecule has 0 bridgehead atoms. The molecular formula is C23H30N2O2. The zero-order chi connectivity index (χ0) is 19.4. The van der Waals surface area contributed by atoms with Crippen molar-refractivity contribution in [2.24, 2.45) is 5.92 Å². The van der Waals surface area contributed by atoms with Crippen LogP contribution in [0.1, 0.15) is 55.3 Å². The summed E-state index contributed by atoms with van der Waals surface area (Å²) < 4.78 is 5.29. The van der Waals surface area contributed by atoms with Gasteiger partial charge in [-0.3, -0.25) is 4.79 Å². The van der Waals surface area contributed by atoms with Gasteiger partial charge in [-0.15, -0.1) is 0 Å². The van der Waals surface area contributed by atoms with Crippen LogP contribution in [0.4, 0.5) is 0 Å². The number of carbonyl (C=O) groups is 1. The Kier molecular flexibility index (Phi) is 6.17. The predicted molar refractivity (Wildman–Crippen MR) is 109 cm³/mol. The monoisotopic (exact) mass is 366 g/mol. The summed E-state index contributed by atoms with van der Waals surface area (Å²) in [6.07, 6.45) is 0. The highest BCUT2D eigenvalue weighted by molar-refractivity contribution is 5.81. The van der Waals surface area contributed by atoms with Crippen LogP contribution in [0.2, 0.25) is 0 Å². The second-order valence-electron chi connectivity index (χ2n) is 7.70. The van der Waals surface area contributed by atoms with Gasteiger partial charge in [-0.05, 0) is 41.7 Å². The van der Waals surface area contributed by atoms with Gasteiger partial charge < -0.3 is 15.4 Å². The summed E-state index contributed by atoms with van der Waals surface area (Å²) in [4.78, 5) is 13.0. The van der Waals surface area contributed by atoms with E-state index >= 15 is 0 Å². The van der Waals surface area contributed by atoms with E-state index in [1.807, 2.05) is 31.2 Å². The Labute approximate surface area is 162 Å². The SMILES string of the molecule is COc1cccc([C@H](C)NC(=O)[C@@H]2CNC[C@H]2c2ccc(C(C)C)cc2)c1. The van der Waals surface area contributed by atoms with Crippen LogP contribution in [0.15, 0.2) is 48.5 Å². The van der Waals surface area contributed by atoms with Gasteiger partial charge >= 0.3 is 0 Å². The molecule has 0 aromatic heterocycles. The first kappa shape index (κ1) is 19.4. The summed E-state index contributed by atoms with van der Waals surface area (Å²) in [5.74, 6) is 1.59. The zero-order valence-electron chi connectivity index (χ0n) is 16.7. The van der Waals surface area contributed by atoms with Crippen molar-refractivity contribution in [3.8, 4) is 5.75 Å². The maximum atomic E-state index is 13.0. The third-order valence-electron chi connectivity index (χ3n) is 5.53. The molecule has 0 radical (unpaired) electrons. The molecule has 0 aliphatic carbocycles. The Morgan fingerprint density at radius 2 is 1.81 bits per heavy atom. The molecular weight excluding hydrogens is 336 g/mol. The van der Waals surface area contributed by atoms with Crippen LogP contribution in [0.3, 0.4) is 0 Å². The van der Waals surface area contributed by atoms with Crippen molar-refractivity contribution in [1.82, 2.24) is 10.6 Å². The molecule has 0 saturated carbocycles. The van der Waals surface area contributed by atoms with E-state index in [4.69, 9.17) is 4.74 Å². The fraction of sp³-hybridized carbons (Fsp3) is 0.435. The third kappa shape index (κ3) is 4.51. The first-order chi connectivity index (χ1) is 13.0. The average molecular weight is 367 g/mol. The molecule has 1 amide bonds. The molecule has 27 heavy (non-hydrogen) atoms. The smallest absolute Gasteiger partial charge is 0.225 e. The van der Waals surface area contributed by atoms with E-state index in [-0.39, 0.29) is 23.8 Å². The molecule has 1 heterocycles. The van der Waals surface area contributed by atoms with Gasteiger partial charge in [0.15, 0.2) is 0 Å². The zero-order valence-corrected chi connectivity index (χ0v) is 16.7. The van der Waals surface area contributed by atoms with Crippen LogP contribution in [-0.2, 0) is 4.79 Å². The van der Waals surface area contributed by atoms with Gasteiger partial charge in [0.2, 0.25) is 5.91 Å². The minimum absolute atomic E-state index is 0.0528. The number of methoxy groups -OCH3 is 1. The Balaban J connectivity index is 1.69. The Hall–Kier alpha value is -2.33. The summed E-state index contributed by atoms with van der Waals surface area (Å²) >= 11 is 0. The summed E-state index contributed by atoms with van der Waals surface area (Å²) in [7, 11) is 1.65. The highest BCUT2D eigenvalue weighted by Gasteiger charge is 2.34. The molecule has 1 fully saturated rings. The van der Waals surface area contributed by atoms with E-state index in [1.165, 1.54) is 11.1 Å². The maximum absolute atomic E-state index is 13.0. The van der Waals surface area contributed by atoms with E-state index in [2.05, 4.69) is 48.7 Å². The molecule has 4 nitrogen and oxygen atoms in total. The fourth-order valence-corrected chi connectivity index (χ4v) is 3.75. The number of hydrogen-bond acceptors (Lipinski definition) is 3. The topological polar surface area (TPSA) is 50.4 Å².